The maximum atomic E-state index is 12.3. The fourth-order valence-electron chi connectivity index (χ4n) is 2.51. The van der Waals surface area contributed by atoms with Gasteiger partial charge in [0.25, 0.3) is 0 Å². The van der Waals surface area contributed by atoms with Crippen LogP contribution in [0.2, 0.25) is 5.02 Å². The van der Waals surface area contributed by atoms with Gasteiger partial charge in [-0.3, -0.25) is 4.79 Å². The van der Waals surface area contributed by atoms with E-state index < -0.39 is 10.0 Å². The number of rotatable bonds is 4. The smallest absolute Gasteiger partial charge is 0.242 e. The number of halogens is 1. The average molecular weight is 346 g/mol. The van der Waals surface area contributed by atoms with E-state index in [0.29, 0.717) is 0 Å². The maximum absolute atomic E-state index is 12.3. The molecule has 0 aromatic heterocycles. The van der Waals surface area contributed by atoms with Crippen LogP contribution in [0.15, 0.2) is 23.1 Å². The molecule has 0 unspecified atom stereocenters. The van der Waals surface area contributed by atoms with E-state index in [2.05, 4.69) is 5.32 Å². The Morgan fingerprint density at radius 1 is 1.36 bits per heavy atom. The molecule has 6 nitrogen and oxygen atoms in total. The van der Waals surface area contributed by atoms with Crippen molar-refractivity contribution >= 4 is 33.2 Å². The lowest BCUT2D eigenvalue weighted by atomic mass is 10.0. The van der Waals surface area contributed by atoms with Crippen LogP contribution in [-0.2, 0) is 14.8 Å². The lowest BCUT2D eigenvalue weighted by molar-refractivity contribution is -0.120. The molecule has 1 aromatic rings. The Morgan fingerprint density at radius 3 is 2.59 bits per heavy atom. The number of amides is 1. The van der Waals surface area contributed by atoms with E-state index in [0.717, 1.165) is 23.6 Å². The van der Waals surface area contributed by atoms with Gasteiger partial charge in [-0.1, -0.05) is 18.0 Å². The first-order chi connectivity index (χ1) is 10.2. The van der Waals surface area contributed by atoms with Crippen LogP contribution in [0.5, 0.6) is 0 Å². The van der Waals surface area contributed by atoms with Crippen molar-refractivity contribution in [1.82, 2.24) is 4.31 Å². The molecule has 1 fully saturated rings. The topological polar surface area (TPSA) is 92.5 Å². The van der Waals surface area contributed by atoms with Gasteiger partial charge in [0.05, 0.1) is 21.5 Å². The van der Waals surface area contributed by atoms with E-state index in [4.69, 9.17) is 17.3 Å². The molecule has 0 saturated heterocycles. The SMILES string of the molecule is CN(C)S(=O)(=O)c1ccc(Cl)c(NC(=O)[C@H]2CCC[C@H]2N)c1. The fraction of sp³-hybridized carbons (Fsp3) is 0.500. The predicted molar refractivity (Wildman–Crippen MR) is 86.3 cm³/mol. The van der Waals surface area contributed by atoms with Crippen LogP contribution >= 0.6 is 11.6 Å². The molecule has 0 heterocycles. The Balaban J connectivity index is 2.26. The maximum Gasteiger partial charge on any atom is 0.242 e. The van der Waals surface area contributed by atoms with Gasteiger partial charge in [0.2, 0.25) is 15.9 Å². The van der Waals surface area contributed by atoms with E-state index in [9.17, 15) is 13.2 Å². The minimum atomic E-state index is -3.58. The minimum absolute atomic E-state index is 0.0768. The lowest BCUT2D eigenvalue weighted by Gasteiger charge is -2.17. The number of hydrogen-bond donors (Lipinski definition) is 2. The van der Waals surface area contributed by atoms with Crippen LogP contribution in [0, 0.1) is 5.92 Å². The Hall–Kier alpha value is -1.15. The molecule has 1 saturated carbocycles. The standard InChI is InChI=1S/C14H20ClN3O3S/c1-18(2)22(20,21)9-6-7-11(15)13(8-9)17-14(19)10-4-3-5-12(10)16/h6-8,10,12H,3-5,16H2,1-2H3,(H,17,19)/t10-,12+/m0/s1. The molecule has 0 radical (unpaired) electrons. The van der Waals surface area contributed by atoms with Crippen LogP contribution in [-0.4, -0.2) is 38.8 Å². The van der Waals surface area contributed by atoms with Gasteiger partial charge < -0.3 is 11.1 Å². The van der Waals surface area contributed by atoms with Crippen molar-refractivity contribution in [3.63, 3.8) is 0 Å². The highest BCUT2D eigenvalue weighted by Crippen LogP contribution is 2.29. The summed E-state index contributed by atoms with van der Waals surface area (Å²) in [6, 6.07) is 4.08. The van der Waals surface area contributed by atoms with Crippen molar-refractivity contribution in [2.45, 2.75) is 30.2 Å². The zero-order valence-electron chi connectivity index (χ0n) is 12.5. The number of sulfonamides is 1. The molecule has 122 valence electrons. The summed E-state index contributed by atoms with van der Waals surface area (Å²) in [6.45, 7) is 0. The van der Waals surface area contributed by atoms with Crippen LogP contribution in [0.25, 0.3) is 0 Å². The summed E-state index contributed by atoms with van der Waals surface area (Å²) in [5.41, 5.74) is 6.20. The first-order valence-corrected chi connectivity index (χ1v) is 8.84. The third-order valence-electron chi connectivity index (χ3n) is 3.88. The molecule has 2 rings (SSSR count). The molecule has 0 bridgehead atoms. The van der Waals surface area contributed by atoms with Gasteiger partial charge in [0.1, 0.15) is 0 Å². The third-order valence-corrected chi connectivity index (χ3v) is 6.02. The van der Waals surface area contributed by atoms with E-state index in [-0.39, 0.29) is 33.5 Å². The summed E-state index contributed by atoms with van der Waals surface area (Å²) in [6.07, 6.45) is 2.48. The number of hydrogen-bond acceptors (Lipinski definition) is 4. The van der Waals surface area contributed by atoms with Gasteiger partial charge >= 0.3 is 0 Å². The number of carbonyl (C=O) groups is 1. The number of benzene rings is 1. The molecule has 22 heavy (non-hydrogen) atoms. The molecule has 2 atom stereocenters. The highest BCUT2D eigenvalue weighted by molar-refractivity contribution is 7.89. The summed E-state index contributed by atoms with van der Waals surface area (Å²) in [7, 11) is -0.695. The van der Waals surface area contributed by atoms with Crippen LogP contribution in [0.4, 0.5) is 5.69 Å². The van der Waals surface area contributed by atoms with E-state index in [1.54, 1.807) is 0 Å². The average Bonchev–Trinajstić information content (AvgIpc) is 2.87. The van der Waals surface area contributed by atoms with Crippen LogP contribution < -0.4 is 11.1 Å². The second-order valence-corrected chi connectivity index (χ2v) is 8.18. The molecule has 3 N–H and O–H groups in total. The Kier molecular flexibility index (Phi) is 5.11. The minimum Gasteiger partial charge on any atom is -0.327 e. The van der Waals surface area contributed by atoms with Gasteiger partial charge in [-0.05, 0) is 31.0 Å². The third kappa shape index (κ3) is 3.43. The molecule has 1 aromatic carbocycles. The summed E-state index contributed by atoms with van der Waals surface area (Å²) in [4.78, 5) is 12.3. The number of nitrogens with zero attached hydrogens (tertiary/aromatic N) is 1. The normalized spacial score (nSPS) is 22.0. The largest absolute Gasteiger partial charge is 0.327 e. The second kappa shape index (κ2) is 6.54. The second-order valence-electron chi connectivity index (χ2n) is 5.62. The summed E-state index contributed by atoms with van der Waals surface area (Å²) in [5.74, 6) is -0.475. The van der Waals surface area contributed by atoms with E-state index in [1.807, 2.05) is 0 Å². The first-order valence-electron chi connectivity index (χ1n) is 7.02. The van der Waals surface area contributed by atoms with Gasteiger partial charge in [0, 0.05) is 20.1 Å². The quantitative estimate of drug-likeness (QED) is 0.867. The van der Waals surface area contributed by atoms with Crippen molar-refractivity contribution in [3.8, 4) is 0 Å². The van der Waals surface area contributed by atoms with E-state index >= 15 is 0 Å². The van der Waals surface area contributed by atoms with Gasteiger partial charge in [0.15, 0.2) is 0 Å². The predicted octanol–water partition coefficient (Wildman–Crippen LogP) is 1.66. The number of carbonyl (C=O) groups excluding carboxylic acids is 1. The van der Waals surface area contributed by atoms with Crippen molar-refractivity contribution in [1.29, 1.82) is 0 Å². The number of nitrogens with one attached hydrogen (secondary N) is 1. The Bertz CT molecular complexity index is 676. The van der Waals surface area contributed by atoms with Crippen molar-refractivity contribution < 1.29 is 13.2 Å². The zero-order chi connectivity index (χ0) is 16.5. The molecular formula is C14H20ClN3O3S. The summed E-state index contributed by atoms with van der Waals surface area (Å²) >= 11 is 6.06. The molecule has 8 heteroatoms. The van der Waals surface area contributed by atoms with Crippen molar-refractivity contribution in [2.75, 3.05) is 19.4 Å². The fourth-order valence-corrected chi connectivity index (χ4v) is 3.60. The van der Waals surface area contributed by atoms with Gasteiger partial charge in [-0.2, -0.15) is 0 Å². The number of nitrogens with two attached hydrogens (primary N) is 1. The highest BCUT2D eigenvalue weighted by atomic mass is 35.5. The summed E-state index contributed by atoms with van der Waals surface area (Å²) in [5, 5.41) is 2.99. The molecule has 0 aliphatic heterocycles. The zero-order valence-corrected chi connectivity index (χ0v) is 14.1. The first kappa shape index (κ1) is 17.2. The van der Waals surface area contributed by atoms with Crippen LogP contribution in [0.1, 0.15) is 19.3 Å². The van der Waals surface area contributed by atoms with Crippen molar-refractivity contribution in [2.24, 2.45) is 11.7 Å². The lowest BCUT2D eigenvalue weighted by Crippen LogP contribution is -2.34. The molecule has 0 spiro atoms. The van der Waals surface area contributed by atoms with Crippen LogP contribution in [0.3, 0.4) is 0 Å². The monoisotopic (exact) mass is 345 g/mol. The van der Waals surface area contributed by atoms with Crippen molar-refractivity contribution in [3.05, 3.63) is 23.2 Å². The van der Waals surface area contributed by atoms with E-state index in [1.165, 1.54) is 32.3 Å². The van der Waals surface area contributed by atoms with Gasteiger partial charge in [-0.25, -0.2) is 12.7 Å². The number of anilines is 1. The molecule has 1 aliphatic carbocycles. The Morgan fingerprint density at radius 2 is 2.05 bits per heavy atom. The molecular weight excluding hydrogens is 326 g/mol. The summed E-state index contributed by atoms with van der Waals surface area (Å²) < 4.78 is 25.4. The molecule has 1 aliphatic rings. The Labute approximate surface area is 135 Å². The van der Waals surface area contributed by atoms with Gasteiger partial charge in [-0.15, -0.1) is 0 Å². The molecule has 1 amide bonds. The highest BCUT2D eigenvalue weighted by Gasteiger charge is 2.30.